The molecule has 2 nitrogen and oxygen atoms in total. The van der Waals surface area contributed by atoms with Crippen molar-refractivity contribution in [3.63, 3.8) is 0 Å². The van der Waals surface area contributed by atoms with Crippen molar-refractivity contribution >= 4 is 0 Å². The zero-order valence-electron chi connectivity index (χ0n) is 13.2. The zero-order chi connectivity index (χ0) is 16.3. The minimum absolute atomic E-state index is 0.0627. The Morgan fingerprint density at radius 2 is 1.59 bits per heavy atom. The normalized spacial score (nSPS) is 11.2. The molecule has 0 fully saturated rings. The number of nitrogens with zero attached hydrogens (tertiary/aromatic N) is 1. The van der Waals surface area contributed by atoms with E-state index in [0.717, 1.165) is 16.7 Å². The van der Waals surface area contributed by atoms with Crippen molar-refractivity contribution in [1.82, 2.24) is 4.90 Å². The number of phenols is 1. The summed E-state index contributed by atoms with van der Waals surface area (Å²) in [6.45, 7) is 7.08. The van der Waals surface area contributed by atoms with E-state index in [-0.39, 0.29) is 17.9 Å². The van der Waals surface area contributed by atoms with Crippen molar-refractivity contribution in [2.24, 2.45) is 0 Å². The molecule has 0 atom stereocenters. The second kappa shape index (κ2) is 6.88. The van der Waals surface area contributed by atoms with E-state index >= 15 is 0 Å². The van der Waals surface area contributed by atoms with E-state index in [9.17, 15) is 13.9 Å². The van der Waals surface area contributed by atoms with Crippen LogP contribution < -0.4 is 0 Å². The Kier molecular flexibility index (Phi) is 5.14. The van der Waals surface area contributed by atoms with Gasteiger partial charge in [-0.05, 0) is 49.7 Å². The van der Waals surface area contributed by atoms with Gasteiger partial charge in [-0.1, -0.05) is 19.1 Å². The lowest BCUT2D eigenvalue weighted by Gasteiger charge is -2.22. The number of rotatable bonds is 5. The van der Waals surface area contributed by atoms with Gasteiger partial charge in [0.1, 0.15) is 17.4 Å². The van der Waals surface area contributed by atoms with Gasteiger partial charge < -0.3 is 5.11 Å². The van der Waals surface area contributed by atoms with E-state index in [0.29, 0.717) is 13.1 Å². The largest absolute Gasteiger partial charge is 0.508 e. The molecule has 0 spiro atoms. The summed E-state index contributed by atoms with van der Waals surface area (Å²) in [7, 11) is 0. The van der Waals surface area contributed by atoms with E-state index in [4.69, 9.17) is 0 Å². The minimum Gasteiger partial charge on any atom is -0.508 e. The van der Waals surface area contributed by atoms with E-state index in [1.54, 1.807) is 6.07 Å². The van der Waals surface area contributed by atoms with Gasteiger partial charge >= 0.3 is 0 Å². The van der Waals surface area contributed by atoms with Crippen LogP contribution >= 0.6 is 0 Å². The summed E-state index contributed by atoms with van der Waals surface area (Å²) in [6, 6.07) is 7.53. The number of aromatic hydroxyl groups is 1. The van der Waals surface area contributed by atoms with Crippen molar-refractivity contribution in [2.45, 2.75) is 33.9 Å². The third-order valence-electron chi connectivity index (χ3n) is 3.98. The Labute approximate surface area is 130 Å². The Bertz CT molecular complexity index is 650. The van der Waals surface area contributed by atoms with E-state index in [1.165, 1.54) is 18.2 Å². The molecule has 118 valence electrons. The zero-order valence-corrected chi connectivity index (χ0v) is 13.2. The first kappa shape index (κ1) is 16.4. The molecule has 0 radical (unpaired) electrons. The molecule has 0 unspecified atom stereocenters. The van der Waals surface area contributed by atoms with Crippen molar-refractivity contribution in [3.05, 3.63) is 64.2 Å². The number of phenolic OH excluding ortho intramolecular Hbond substituents is 1. The van der Waals surface area contributed by atoms with Crippen molar-refractivity contribution in [3.8, 4) is 5.75 Å². The van der Waals surface area contributed by atoms with Gasteiger partial charge in [0.25, 0.3) is 0 Å². The van der Waals surface area contributed by atoms with Gasteiger partial charge in [-0.15, -0.1) is 0 Å². The first-order valence-electron chi connectivity index (χ1n) is 7.36. The molecule has 0 heterocycles. The van der Waals surface area contributed by atoms with Crippen LogP contribution in [0.25, 0.3) is 0 Å². The molecule has 0 saturated heterocycles. The fourth-order valence-electron chi connectivity index (χ4n) is 2.41. The van der Waals surface area contributed by atoms with Crippen LogP contribution in [0.3, 0.4) is 0 Å². The molecule has 0 saturated carbocycles. The summed E-state index contributed by atoms with van der Waals surface area (Å²) in [5, 5.41) is 10.1. The first-order valence-corrected chi connectivity index (χ1v) is 7.36. The molecule has 0 aliphatic heterocycles. The van der Waals surface area contributed by atoms with Gasteiger partial charge in [0.2, 0.25) is 0 Å². The van der Waals surface area contributed by atoms with Crippen molar-refractivity contribution < 1.29 is 13.9 Å². The molecular formula is C18H21F2NO. The summed E-state index contributed by atoms with van der Waals surface area (Å²) in [5.41, 5.74) is 2.93. The number of hydrogen-bond acceptors (Lipinski definition) is 2. The smallest absolute Gasteiger partial charge is 0.130 e. The highest BCUT2D eigenvalue weighted by molar-refractivity contribution is 5.40. The lowest BCUT2D eigenvalue weighted by molar-refractivity contribution is 0.259. The highest BCUT2D eigenvalue weighted by atomic mass is 19.1. The van der Waals surface area contributed by atoms with Gasteiger partial charge in [0.05, 0.1) is 0 Å². The lowest BCUT2D eigenvalue weighted by atomic mass is 10.0. The van der Waals surface area contributed by atoms with Gasteiger partial charge in [-0.25, -0.2) is 8.78 Å². The highest BCUT2D eigenvalue weighted by Crippen LogP contribution is 2.24. The number of aryl methyl sites for hydroxylation is 2. The van der Waals surface area contributed by atoms with E-state index < -0.39 is 11.6 Å². The maximum absolute atomic E-state index is 13.8. The highest BCUT2D eigenvalue weighted by Gasteiger charge is 2.14. The van der Waals surface area contributed by atoms with Crippen molar-refractivity contribution in [1.29, 1.82) is 0 Å². The molecule has 2 rings (SSSR count). The summed E-state index contributed by atoms with van der Waals surface area (Å²) < 4.78 is 27.5. The molecule has 1 N–H and O–H groups in total. The molecule has 0 aliphatic carbocycles. The Hall–Kier alpha value is -1.94. The van der Waals surface area contributed by atoms with Crippen LogP contribution in [0.5, 0.6) is 5.75 Å². The summed E-state index contributed by atoms with van der Waals surface area (Å²) >= 11 is 0. The third kappa shape index (κ3) is 3.63. The van der Waals surface area contributed by atoms with Crippen LogP contribution in [0.4, 0.5) is 8.78 Å². The van der Waals surface area contributed by atoms with Gasteiger partial charge in [-0.2, -0.15) is 0 Å². The van der Waals surface area contributed by atoms with Crippen LogP contribution in [0.2, 0.25) is 0 Å². The predicted octanol–water partition coefficient (Wildman–Crippen LogP) is 4.31. The first-order chi connectivity index (χ1) is 10.4. The molecule has 0 aliphatic rings. The fraction of sp³-hybridized carbons (Fsp3) is 0.333. The minimum atomic E-state index is -0.539. The second-order valence-corrected chi connectivity index (χ2v) is 5.57. The van der Waals surface area contributed by atoms with E-state index in [2.05, 4.69) is 0 Å². The van der Waals surface area contributed by atoms with Crippen LogP contribution in [0, 0.1) is 25.5 Å². The quantitative estimate of drug-likeness (QED) is 0.890. The topological polar surface area (TPSA) is 23.5 Å². The van der Waals surface area contributed by atoms with Crippen LogP contribution in [-0.4, -0.2) is 16.6 Å². The van der Waals surface area contributed by atoms with Crippen LogP contribution in [0.1, 0.15) is 29.2 Å². The van der Waals surface area contributed by atoms with Gasteiger partial charge in [0, 0.05) is 24.2 Å². The lowest BCUT2D eigenvalue weighted by Crippen LogP contribution is -2.23. The average molecular weight is 305 g/mol. The predicted molar refractivity (Wildman–Crippen MR) is 83.7 cm³/mol. The Morgan fingerprint density at radius 1 is 1.00 bits per heavy atom. The Morgan fingerprint density at radius 3 is 2.18 bits per heavy atom. The number of hydrogen-bond donors (Lipinski definition) is 1. The molecule has 2 aromatic rings. The third-order valence-corrected chi connectivity index (χ3v) is 3.98. The molecule has 0 aromatic heterocycles. The maximum Gasteiger partial charge on any atom is 0.130 e. The maximum atomic E-state index is 13.8. The molecule has 2 aromatic carbocycles. The summed E-state index contributed by atoms with van der Waals surface area (Å²) in [4.78, 5) is 1.89. The van der Waals surface area contributed by atoms with Crippen molar-refractivity contribution in [2.75, 3.05) is 6.54 Å². The van der Waals surface area contributed by atoms with Crippen LogP contribution in [-0.2, 0) is 13.1 Å². The second-order valence-electron chi connectivity index (χ2n) is 5.57. The summed E-state index contributed by atoms with van der Waals surface area (Å²) in [5.74, 6) is -0.860. The molecule has 4 heteroatoms. The number of halogens is 2. The molecule has 0 amide bonds. The van der Waals surface area contributed by atoms with E-state index in [1.807, 2.05) is 31.7 Å². The fourth-order valence-corrected chi connectivity index (χ4v) is 2.41. The molecule has 0 bridgehead atoms. The monoisotopic (exact) mass is 305 g/mol. The standard InChI is InChI=1S/C18H21F2NO/c1-4-21(11-15-16(19)6-5-7-17(15)20)10-14-8-12(2)13(3)9-18(14)22/h5-9,22H,4,10-11H2,1-3H3. The molecular weight excluding hydrogens is 284 g/mol. The summed E-state index contributed by atoms with van der Waals surface area (Å²) in [6.07, 6.45) is 0. The number of benzene rings is 2. The van der Waals surface area contributed by atoms with Crippen LogP contribution in [0.15, 0.2) is 30.3 Å². The van der Waals surface area contributed by atoms with Gasteiger partial charge in [-0.3, -0.25) is 4.90 Å². The Balaban J connectivity index is 2.21. The van der Waals surface area contributed by atoms with Gasteiger partial charge in [0.15, 0.2) is 0 Å². The average Bonchev–Trinajstić information content (AvgIpc) is 2.47. The SMILES string of the molecule is CCN(Cc1cc(C)c(C)cc1O)Cc1c(F)cccc1F. The molecule has 22 heavy (non-hydrogen) atoms.